The molecule has 0 radical (unpaired) electrons. The molecule has 1 aliphatic rings. The van der Waals surface area contributed by atoms with Crippen molar-refractivity contribution in [2.24, 2.45) is 4.99 Å². The molecule has 0 saturated carbocycles. The van der Waals surface area contributed by atoms with E-state index in [2.05, 4.69) is 11.9 Å². The molecule has 8 nitrogen and oxygen atoms in total. The molecule has 0 amide bonds. The van der Waals surface area contributed by atoms with Gasteiger partial charge in [-0.25, -0.2) is 14.6 Å². The fourth-order valence-corrected chi connectivity index (χ4v) is 5.81. The van der Waals surface area contributed by atoms with Crippen molar-refractivity contribution in [3.63, 3.8) is 0 Å². The summed E-state index contributed by atoms with van der Waals surface area (Å²) in [6.45, 7) is 4.59. The Hall–Kier alpha value is -4.76. The Kier molecular flexibility index (Phi) is 9.32. The number of carbonyl (C=O) groups is 2. The molecular weight excluding hydrogens is 564 g/mol. The molecule has 0 bridgehead atoms. The number of aromatic nitrogens is 1. The Morgan fingerprint density at radius 2 is 1.70 bits per heavy atom. The Labute approximate surface area is 253 Å². The van der Waals surface area contributed by atoms with Crippen LogP contribution in [0.15, 0.2) is 99.9 Å². The summed E-state index contributed by atoms with van der Waals surface area (Å²) in [5.41, 5.74) is 3.11. The molecular formula is C34H32N2O6S. The smallest absolute Gasteiger partial charge is 0.338 e. The first kappa shape index (κ1) is 29.7. The van der Waals surface area contributed by atoms with Crippen LogP contribution in [0.2, 0.25) is 0 Å². The molecule has 1 aliphatic heterocycles. The van der Waals surface area contributed by atoms with Gasteiger partial charge in [0.25, 0.3) is 5.56 Å². The number of hydrogen-bond acceptors (Lipinski definition) is 8. The van der Waals surface area contributed by atoms with Crippen molar-refractivity contribution in [1.82, 2.24) is 4.57 Å². The standard InChI is InChI=1S/C34H32N2O6S/c1-4-5-19-41-27-17-11-23(12-18-27)20-28-31(37)36-30(25-13-15-26(16-14-25)32(38)40-3)29(22(2)35-34(36)43-28)33(39)42-21-24-9-7-6-8-10-24/h6-18,20,30H,4-5,19,21H2,1-3H3. The molecule has 2 heterocycles. The maximum atomic E-state index is 13.9. The lowest BCUT2D eigenvalue weighted by atomic mass is 9.95. The minimum absolute atomic E-state index is 0.0764. The number of ether oxygens (including phenoxy) is 3. The molecule has 4 aromatic rings. The first-order valence-corrected chi connectivity index (χ1v) is 14.9. The number of rotatable bonds is 10. The minimum atomic E-state index is -0.803. The average molecular weight is 597 g/mol. The molecule has 5 rings (SSSR count). The molecule has 1 aromatic heterocycles. The molecule has 0 fully saturated rings. The second kappa shape index (κ2) is 13.5. The number of thiazole rings is 1. The van der Waals surface area contributed by atoms with Gasteiger partial charge in [0, 0.05) is 0 Å². The lowest BCUT2D eigenvalue weighted by molar-refractivity contribution is -0.140. The largest absolute Gasteiger partial charge is 0.494 e. The van der Waals surface area contributed by atoms with E-state index >= 15 is 0 Å². The number of methoxy groups -OCH3 is 1. The summed E-state index contributed by atoms with van der Waals surface area (Å²) >= 11 is 1.25. The summed E-state index contributed by atoms with van der Waals surface area (Å²) in [4.78, 5) is 44.7. The normalized spacial score (nSPS) is 14.6. The fourth-order valence-electron chi connectivity index (χ4n) is 4.76. The lowest BCUT2D eigenvalue weighted by Crippen LogP contribution is -2.39. The van der Waals surface area contributed by atoms with Crippen molar-refractivity contribution in [3.8, 4) is 5.75 Å². The van der Waals surface area contributed by atoms with E-state index in [1.165, 1.54) is 23.0 Å². The Bertz CT molecular complexity index is 1820. The number of esters is 2. The third-order valence-corrected chi connectivity index (χ3v) is 8.03. The van der Waals surface area contributed by atoms with Gasteiger partial charge in [0.05, 0.1) is 41.1 Å². The maximum absolute atomic E-state index is 13.9. The van der Waals surface area contributed by atoms with Crippen LogP contribution in [-0.4, -0.2) is 30.2 Å². The van der Waals surface area contributed by atoms with Gasteiger partial charge in [0.15, 0.2) is 4.80 Å². The van der Waals surface area contributed by atoms with E-state index in [-0.39, 0.29) is 17.7 Å². The number of nitrogens with zero attached hydrogens (tertiary/aromatic N) is 2. The van der Waals surface area contributed by atoms with Gasteiger partial charge in [-0.05, 0) is 60.4 Å². The summed E-state index contributed by atoms with van der Waals surface area (Å²) in [5, 5.41) is 0. The summed E-state index contributed by atoms with van der Waals surface area (Å²) < 4.78 is 18.3. The van der Waals surface area contributed by atoms with Crippen LogP contribution in [0.3, 0.4) is 0 Å². The van der Waals surface area contributed by atoms with Crippen LogP contribution in [-0.2, 0) is 20.9 Å². The van der Waals surface area contributed by atoms with E-state index in [0.717, 1.165) is 29.7 Å². The summed E-state index contributed by atoms with van der Waals surface area (Å²) in [7, 11) is 1.31. The monoisotopic (exact) mass is 596 g/mol. The van der Waals surface area contributed by atoms with Crippen molar-refractivity contribution < 1.29 is 23.8 Å². The topological polar surface area (TPSA) is 96.2 Å². The Morgan fingerprint density at radius 1 is 0.977 bits per heavy atom. The molecule has 0 spiro atoms. The van der Waals surface area contributed by atoms with Gasteiger partial charge in [0.2, 0.25) is 0 Å². The fraction of sp³-hybridized carbons (Fsp3) is 0.235. The lowest BCUT2D eigenvalue weighted by Gasteiger charge is -2.25. The zero-order valence-corrected chi connectivity index (χ0v) is 25.1. The SMILES string of the molecule is CCCCOc1ccc(C=c2sc3n(c2=O)C(c2ccc(C(=O)OC)cc2)C(C(=O)OCc2ccccc2)=C(C)N=3)cc1. The third kappa shape index (κ3) is 6.67. The molecule has 3 aromatic carbocycles. The molecule has 1 unspecified atom stereocenters. The Balaban J connectivity index is 1.54. The molecule has 220 valence electrons. The zero-order valence-electron chi connectivity index (χ0n) is 24.2. The van der Waals surface area contributed by atoms with Crippen LogP contribution in [0.4, 0.5) is 0 Å². The van der Waals surface area contributed by atoms with E-state index in [1.54, 1.807) is 31.2 Å². The Morgan fingerprint density at radius 3 is 2.37 bits per heavy atom. The van der Waals surface area contributed by atoms with E-state index in [1.807, 2.05) is 60.7 Å². The van der Waals surface area contributed by atoms with Crippen LogP contribution < -0.4 is 19.6 Å². The average Bonchev–Trinajstić information content (AvgIpc) is 3.34. The number of carbonyl (C=O) groups excluding carboxylic acids is 2. The van der Waals surface area contributed by atoms with Gasteiger partial charge in [-0.15, -0.1) is 0 Å². The zero-order chi connectivity index (χ0) is 30.3. The maximum Gasteiger partial charge on any atom is 0.338 e. The van der Waals surface area contributed by atoms with Gasteiger partial charge < -0.3 is 14.2 Å². The number of unbranched alkanes of at least 4 members (excludes halogenated alkanes) is 1. The van der Waals surface area contributed by atoms with Gasteiger partial charge in [-0.2, -0.15) is 0 Å². The first-order valence-electron chi connectivity index (χ1n) is 14.0. The number of benzene rings is 3. The summed E-state index contributed by atoms with van der Waals surface area (Å²) in [5.74, 6) is -0.275. The first-order chi connectivity index (χ1) is 20.9. The van der Waals surface area contributed by atoms with Crippen molar-refractivity contribution in [1.29, 1.82) is 0 Å². The van der Waals surface area contributed by atoms with E-state index in [0.29, 0.717) is 32.8 Å². The molecule has 1 atom stereocenters. The van der Waals surface area contributed by atoms with Gasteiger partial charge in [-0.1, -0.05) is 79.3 Å². The predicted molar refractivity (Wildman–Crippen MR) is 165 cm³/mol. The third-order valence-electron chi connectivity index (χ3n) is 7.05. The predicted octanol–water partition coefficient (Wildman–Crippen LogP) is 4.94. The number of fused-ring (bicyclic) bond motifs is 1. The highest BCUT2D eigenvalue weighted by Gasteiger charge is 2.33. The van der Waals surface area contributed by atoms with Crippen molar-refractivity contribution in [2.75, 3.05) is 13.7 Å². The molecule has 0 aliphatic carbocycles. The van der Waals surface area contributed by atoms with Crippen LogP contribution in [0.25, 0.3) is 6.08 Å². The second-order valence-electron chi connectivity index (χ2n) is 10.0. The molecule has 0 saturated heterocycles. The van der Waals surface area contributed by atoms with Gasteiger partial charge >= 0.3 is 11.9 Å². The quantitative estimate of drug-likeness (QED) is 0.190. The van der Waals surface area contributed by atoms with E-state index < -0.39 is 18.0 Å². The van der Waals surface area contributed by atoms with Gasteiger partial charge in [0.1, 0.15) is 12.4 Å². The number of hydrogen-bond donors (Lipinski definition) is 0. The molecule has 0 N–H and O–H groups in total. The van der Waals surface area contributed by atoms with E-state index in [9.17, 15) is 14.4 Å². The van der Waals surface area contributed by atoms with Crippen LogP contribution >= 0.6 is 11.3 Å². The van der Waals surface area contributed by atoms with Crippen molar-refractivity contribution in [3.05, 3.63) is 132 Å². The van der Waals surface area contributed by atoms with Crippen molar-refractivity contribution in [2.45, 2.75) is 39.3 Å². The minimum Gasteiger partial charge on any atom is -0.494 e. The number of allylic oxidation sites excluding steroid dienone is 1. The van der Waals surface area contributed by atoms with E-state index in [4.69, 9.17) is 14.2 Å². The summed E-state index contributed by atoms with van der Waals surface area (Å²) in [6, 6.07) is 22.8. The second-order valence-corrected chi connectivity index (χ2v) is 11.0. The van der Waals surface area contributed by atoms with Gasteiger partial charge in [-0.3, -0.25) is 9.36 Å². The van der Waals surface area contributed by atoms with Crippen LogP contribution in [0.5, 0.6) is 5.75 Å². The highest BCUT2D eigenvalue weighted by Crippen LogP contribution is 2.31. The molecule has 9 heteroatoms. The highest BCUT2D eigenvalue weighted by molar-refractivity contribution is 7.07. The summed E-state index contributed by atoms with van der Waals surface area (Å²) in [6.07, 6.45) is 3.85. The molecule has 43 heavy (non-hydrogen) atoms. The van der Waals surface area contributed by atoms with Crippen molar-refractivity contribution >= 4 is 29.4 Å². The highest BCUT2D eigenvalue weighted by atomic mass is 32.1. The van der Waals surface area contributed by atoms with Crippen LogP contribution in [0, 0.1) is 0 Å². The van der Waals surface area contributed by atoms with Crippen LogP contribution in [0.1, 0.15) is 59.8 Å².